The summed E-state index contributed by atoms with van der Waals surface area (Å²) in [4.78, 5) is 39.9. The molecular weight excluding hydrogens is 615 g/mol. The Bertz CT molecular complexity index is 2180. The molecule has 0 radical (unpaired) electrons. The highest BCUT2D eigenvalue weighted by Crippen LogP contribution is 2.49. The zero-order chi connectivity index (χ0) is 33.8. The summed E-state index contributed by atoms with van der Waals surface area (Å²) in [6, 6.07) is 17.4. The Morgan fingerprint density at radius 3 is 2.34 bits per heavy atom. The molecule has 0 saturated heterocycles. The van der Waals surface area contributed by atoms with Crippen LogP contribution < -0.4 is 14.9 Å². The topological polar surface area (TPSA) is 93.1 Å². The number of hydrogen-bond acceptors (Lipinski definition) is 7. The van der Waals surface area contributed by atoms with Crippen molar-refractivity contribution in [3.05, 3.63) is 99.7 Å². The number of carbonyl (C=O) groups excluding carboxylic acids is 2. The highest BCUT2D eigenvalue weighted by Gasteiger charge is 2.50. The largest absolute Gasteiger partial charge is 0.496 e. The van der Waals surface area contributed by atoms with Crippen LogP contribution in [-0.2, 0) is 32.3 Å². The number of halogens is 3. The smallest absolute Gasteiger partial charge is 0.416 e. The Labute approximate surface area is 266 Å². The fraction of sp³-hybridized carbons (Fsp3) is 0.250. The summed E-state index contributed by atoms with van der Waals surface area (Å²) in [5.41, 5.74) is -1.08. The number of aromatic nitrogens is 1. The fourth-order valence-electron chi connectivity index (χ4n) is 6.18. The Hall–Kier alpha value is -5.32. The maximum absolute atomic E-state index is 14.2. The number of alkyl halides is 3. The SMILES string of the molecule is COc1cc2c(c3c1c(=O)c1cc4ccccc4cc1n3C)[C@@H](OC(C)=O)[C@@H](OC(=O)C=Cc1cccc(C(F)(F)F)c1)C(C)(C)O2. The molecule has 242 valence electrons. The van der Waals surface area contributed by atoms with Gasteiger partial charge in [0.2, 0.25) is 5.43 Å². The third kappa shape index (κ3) is 5.66. The van der Waals surface area contributed by atoms with Gasteiger partial charge in [0, 0.05) is 31.5 Å². The van der Waals surface area contributed by atoms with Crippen molar-refractivity contribution < 1.29 is 41.7 Å². The first-order valence-electron chi connectivity index (χ1n) is 14.7. The van der Waals surface area contributed by atoms with Gasteiger partial charge in [0.05, 0.1) is 34.7 Å². The first kappa shape index (κ1) is 31.7. The molecule has 0 amide bonds. The summed E-state index contributed by atoms with van der Waals surface area (Å²) < 4.78 is 65.1. The third-order valence-corrected chi connectivity index (χ3v) is 8.30. The first-order chi connectivity index (χ1) is 22.2. The number of esters is 2. The number of methoxy groups -OCH3 is 1. The molecule has 0 N–H and O–H groups in total. The van der Waals surface area contributed by atoms with E-state index in [1.807, 2.05) is 36.4 Å². The number of nitrogens with zero attached hydrogens (tertiary/aromatic N) is 1. The number of pyridine rings is 1. The Balaban J connectivity index is 1.51. The molecule has 4 aromatic carbocycles. The molecule has 2 atom stereocenters. The fourth-order valence-corrected chi connectivity index (χ4v) is 6.18. The molecule has 0 aliphatic carbocycles. The third-order valence-electron chi connectivity index (χ3n) is 8.30. The van der Waals surface area contributed by atoms with Crippen LogP contribution in [0.15, 0.2) is 77.6 Å². The highest BCUT2D eigenvalue weighted by atomic mass is 19.4. The molecule has 1 aliphatic rings. The minimum absolute atomic E-state index is 0.130. The molecule has 6 rings (SSSR count). The van der Waals surface area contributed by atoms with Crippen LogP contribution in [0.5, 0.6) is 11.5 Å². The van der Waals surface area contributed by atoms with E-state index in [9.17, 15) is 27.6 Å². The molecule has 1 aromatic heterocycles. The van der Waals surface area contributed by atoms with Gasteiger partial charge in [-0.05, 0) is 60.5 Å². The van der Waals surface area contributed by atoms with E-state index in [4.69, 9.17) is 18.9 Å². The second kappa shape index (κ2) is 11.5. The van der Waals surface area contributed by atoms with E-state index >= 15 is 0 Å². The van der Waals surface area contributed by atoms with Gasteiger partial charge in [-0.2, -0.15) is 13.2 Å². The van der Waals surface area contributed by atoms with Gasteiger partial charge in [0.1, 0.15) is 17.1 Å². The average molecular weight is 646 g/mol. The number of ether oxygens (including phenoxy) is 4. The predicted molar refractivity (Wildman–Crippen MR) is 170 cm³/mol. The molecule has 0 saturated carbocycles. The Morgan fingerprint density at radius 1 is 0.979 bits per heavy atom. The van der Waals surface area contributed by atoms with E-state index in [1.165, 1.54) is 32.2 Å². The highest BCUT2D eigenvalue weighted by molar-refractivity contribution is 6.04. The summed E-state index contributed by atoms with van der Waals surface area (Å²) in [6.45, 7) is 4.49. The lowest BCUT2D eigenvalue weighted by Gasteiger charge is -2.43. The molecule has 2 heterocycles. The number of aryl methyl sites for hydroxylation is 1. The lowest BCUT2D eigenvalue weighted by molar-refractivity contribution is -0.185. The molecule has 5 aromatic rings. The first-order valence-corrected chi connectivity index (χ1v) is 14.7. The van der Waals surface area contributed by atoms with Gasteiger partial charge in [-0.25, -0.2) is 4.79 Å². The molecule has 0 bridgehead atoms. The van der Waals surface area contributed by atoms with Crippen molar-refractivity contribution in [1.82, 2.24) is 4.57 Å². The Morgan fingerprint density at radius 2 is 1.68 bits per heavy atom. The van der Waals surface area contributed by atoms with Crippen molar-refractivity contribution >= 4 is 50.6 Å². The van der Waals surface area contributed by atoms with Crippen LogP contribution in [0.4, 0.5) is 13.2 Å². The van der Waals surface area contributed by atoms with Gasteiger partial charge in [-0.1, -0.05) is 36.4 Å². The van der Waals surface area contributed by atoms with Crippen molar-refractivity contribution in [3.63, 3.8) is 0 Å². The Kier molecular flexibility index (Phi) is 7.73. The number of carbonyl (C=O) groups is 2. The van der Waals surface area contributed by atoms with Crippen LogP contribution in [0, 0.1) is 0 Å². The van der Waals surface area contributed by atoms with Crippen LogP contribution in [0.3, 0.4) is 0 Å². The zero-order valence-electron chi connectivity index (χ0n) is 26.1. The lowest BCUT2D eigenvalue weighted by atomic mass is 9.86. The van der Waals surface area contributed by atoms with Crippen molar-refractivity contribution in [2.45, 2.75) is 44.8 Å². The van der Waals surface area contributed by atoms with E-state index in [-0.39, 0.29) is 27.9 Å². The van der Waals surface area contributed by atoms with E-state index in [1.54, 1.807) is 31.5 Å². The van der Waals surface area contributed by atoms with Crippen molar-refractivity contribution in [2.24, 2.45) is 7.05 Å². The quantitative estimate of drug-likeness (QED) is 0.113. The summed E-state index contributed by atoms with van der Waals surface area (Å²) >= 11 is 0. The van der Waals surface area contributed by atoms with E-state index in [0.717, 1.165) is 29.0 Å². The lowest BCUT2D eigenvalue weighted by Crippen LogP contribution is -2.52. The molecule has 11 heteroatoms. The minimum Gasteiger partial charge on any atom is -0.496 e. The summed E-state index contributed by atoms with van der Waals surface area (Å²) in [5.74, 6) is -1.09. The molecule has 47 heavy (non-hydrogen) atoms. The van der Waals surface area contributed by atoms with Gasteiger partial charge in [-0.3, -0.25) is 9.59 Å². The minimum atomic E-state index is -4.55. The molecule has 1 aliphatic heterocycles. The van der Waals surface area contributed by atoms with E-state index in [0.29, 0.717) is 22.0 Å². The number of benzene rings is 4. The van der Waals surface area contributed by atoms with Gasteiger partial charge in [-0.15, -0.1) is 0 Å². The van der Waals surface area contributed by atoms with Crippen LogP contribution >= 0.6 is 0 Å². The standard InChI is InChI=1S/C36H30F3NO7/c1-19(41)45-33-30-27(47-35(2,3)34(33)46-28(42)14-13-20-9-8-12-23(15-20)36(37,38)39)18-26(44-5)29-31(30)40(4)25-17-22-11-7-6-10-21(22)16-24(25)32(29)43/h6-18,33-34H,1-5H3/t33-,34-/m1/s1. The van der Waals surface area contributed by atoms with E-state index < -0.39 is 41.5 Å². The van der Waals surface area contributed by atoms with Gasteiger partial charge in [0.25, 0.3) is 0 Å². The average Bonchev–Trinajstić information content (AvgIpc) is 3.02. The van der Waals surface area contributed by atoms with Crippen LogP contribution in [0.1, 0.15) is 43.6 Å². The molecule has 0 unspecified atom stereocenters. The maximum Gasteiger partial charge on any atom is 0.416 e. The summed E-state index contributed by atoms with van der Waals surface area (Å²) in [7, 11) is 3.20. The number of rotatable bonds is 5. The molecule has 8 nitrogen and oxygen atoms in total. The number of fused-ring (bicyclic) bond motifs is 5. The van der Waals surface area contributed by atoms with Crippen molar-refractivity contribution in [2.75, 3.05) is 7.11 Å². The van der Waals surface area contributed by atoms with Gasteiger partial charge in [0.15, 0.2) is 12.2 Å². The second-order valence-electron chi connectivity index (χ2n) is 11.9. The molecular formula is C36H30F3NO7. The maximum atomic E-state index is 14.2. The van der Waals surface area contributed by atoms with Crippen molar-refractivity contribution in [1.29, 1.82) is 0 Å². The van der Waals surface area contributed by atoms with Crippen LogP contribution in [-0.4, -0.2) is 35.3 Å². The van der Waals surface area contributed by atoms with E-state index in [2.05, 4.69) is 0 Å². The summed E-state index contributed by atoms with van der Waals surface area (Å²) in [6.07, 6.45) is -4.84. The second-order valence-corrected chi connectivity index (χ2v) is 11.9. The van der Waals surface area contributed by atoms with Gasteiger partial charge >= 0.3 is 18.1 Å². The molecule has 0 spiro atoms. The molecule has 0 fully saturated rings. The number of hydrogen-bond donors (Lipinski definition) is 0. The predicted octanol–water partition coefficient (Wildman–Crippen LogP) is 7.27. The van der Waals surface area contributed by atoms with Crippen molar-refractivity contribution in [3.8, 4) is 11.5 Å². The summed E-state index contributed by atoms with van der Waals surface area (Å²) in [5, 5.41) is 2.44. The normalized spacial score (nSPS) is 17.4. The van der Waals surface area contributed by atoms with Crippen LogP contribution in [0.2, 0.25) is 0 Å². The van der Waals surface area contributed by atoms with Gasteiger partial charge < -0.3 is 23.5 Å². The monoisotopic (exact) mass is 645 g/mol. The zero-order valence-corrected chi connectivity index (χ0v) is 26.1. The van der Waals surface area contributed by atoms with Crippen LogP contribution in [0.25, 0.3) is 38.7 Å².